The molecule has 34 heavy (non-hydrogen) atoms. The highest BCUT2D eigenvalue weighted by atomic mass is 32.2. The van der Waals surface area contributed by atoms with Gasteiger partial charge in [-0.15, -0.1) is 0 Å². The van der Waals surface area contributed by atoms with E-state index in [0.29, 0.717) is 37.3 Å². The van der Waals surface area contributed by atoms with Crippen molar-refractivity contribution < 1.29 is 12.8 Å². The summed E-state index contributed by atoms with van der Waals surface area (Å²) in [4.78, 5) is 13.9. The molecule has 4 aromatic heterocycles. The first-order valence-electron chi connectivity index (χ1n) is 11.2. The Kier molecular flexibility index (Phi) is 4.65. The molecule has 11 heteroatoms. The third kappa shape index (κ3) is 3.25. The van der Waals surface area contributed by atoms with E-state index < -0.39 is 10.0 Å². The molecule has 2 aliphatic heterocycles. The van der Waals surface area contributed by atoms with Gasteiger partial charge >= 0.3 is 0 Å². The summed E-state index contributed by atoms with van der Waals surface area (Å²) < 4.78 is 43.6. The molecule has 0 aromatic carbocycles. The third-order valence-corrected chi connectivity index (χ3v) is 8.52. The fourth-order valence-electron chi connectivity index (χ4n) is 5.33. The van der Waals surface area contributed by atoms with Gasteiger partial charge in [-0.2, -0.15) is 5.10 Å². The first-order chi connectivity index (χ1) is 16.2. The molecule has 0 saturated carbocycles. The van der Waals surface area contributed by atoms with Gasteiger partial charge in [0.25, 0.3) is 0 Å². The molecule has 1 spiro atoms. The fourth-order valence-corrected chi connectivity index (χ4v) is 6.17. The van der Waals surface area contributed by atoms with E-state index in [1.54, 1.807) is 21.8 Å². The topological polar surface area (TPSA) is 98.3 Å². The van der Waals surface area contributed by atoms with Crippen molar-refractivity contribution in [1.82, 2.24) is 33.4 Å². The van der Waals surface area contributed by atoms with Gasteiger partial charge in [-0.25, -0.2) is 36.6 Å². The Labute approximate surface area is 196 Å². The van der Waals surface area contributed by atoms with E-state index in [4.69, 9.17) is 4.98 Å². The average molecular weight is 482 g/mol. The number of piperidine rings is 1. The van der Waals surface area contributed by atoms with Crippen LogP contribution in [0.4, 0.5) is 4.39 Å². The molecule has 4 aromatic rings. The van der Waals surface area contributed by atoms with Crippen LogP contribution in [0, 0.1) is 12.7 Å². The molecule has 6 heterocycles. The van der Waals surface area contributed by atoms with Gasteiger partial charge in [-0.1, -0.05) is 0 Å². The number of imidazole rings is 1. The number of hydrogen-bond acceptors (Lipinski definition) is 6. The van der Waals surface area contributed by atoms with Crippen molar-refractivity contribution in [3.63, 3.8) is 0 Å². The van der Waals surface area contributed by atoms with Gasteiger partial charge in [-0.3, -0.25) is 0 Å². The minimum atomic E-state index is -3.22. The van der Waals surface area contributed by atoms with E-state index in [1.807, 2.05) is 18.3 Å². The maximum atomic E-state index is 14.0. The van der Waals surface area contributed by atoms with Crippen molar-refractivity contribution in [3.05, 3.63) is 54.1 Å². The molecule has 0 radical (unpaired) electrons. The zero-order valence-electron chi connectivity index (χ0n) is 18.9. The SMILES string of the molecule is Cc1nc(-c2c(-c3ccc4ncnn4c3)nc3n2CCC32CCN(S(C)(=O)=O)CC2)ccc1F. The summed E-state index contributed by atoms with van der Waals surface area (Å²) in [6.45, 7) is 3.37. The van der Waals surface area contributed by atoms with E-state index in [1.165, 1.54) is 18.6 Å². The number of rotatable bonds is 3. The van der Waals surface area contributed by atoms with Crippen LogP contribution in [-0.4, -0.2) is 61.2 Å². The molecular weight excluding hydrogens is 457 g/mol. The number of halogens is 1. The number of pyridine rings is 2. The Balaban J connectivity index is 1.51. The van der Waals surface area contributed by atoms with Gasteiger partial charge in [0.2, 0.25) is 10.0 Å². The Morgan fingerprint density at radius 3 is 2.53 bits per heavy atom. The number of nitrogens with zero attached hydrogens (tertiary/aromatic N) is 7. The van der Waals surface area contributed by atoms with Crippen molar-refractivity contribution in [1.29, 1.82) is 0 Å². The number of hydrogen-bond donors (Lipinski definition) is 0. The van der Waals surface area contributed by atoms with E-state index in [-0.39, 0.29) is 11.2 Å². The van der Waals surface area contributed by atoms with Gasteiger partial charge in [0.15, 0.2) is 5.65 Å². The summed E-state index contributed by atoms with van der Waals surface area (Å²) in [7, 11) is -3.22. The highest BCUT2D eigenvalue weighted by molar-refractivity contribution is 7.88. The molecule has 0 N–H and O–H groups in total. The Hall–Kier alpha value is -3.18. The molecule has 1 fully saturated rings. The second kappa shape index (κ2) is 7.41. The van der Waals surface area contributed by atoms with Crippen LogP contribution >= 0.6 is 0 Å². The summed E-state index contributed by atoms with van der Waals surface area (Å²) >= 11 is 0. The summed E-state index contributed by atoms with van der Waals surface area (Å²) in [6.07, 6.45) is 6.98. The lowest BCUT2D eigenvalue weighted by Crippen LogP contribution is -2.44. The van der Waals surface area contributed by atoms with Crippen LogP contribution in [0.25, 0.3) is 28.3 Å². The number of sulfonamides is 1. The van der Waals surface area contributed by atoms with Crippen LogP contribution in [-0.2, 0) is 22.0 Å². The minimum Gasteiger partial charge on any atom is -0.326 e. The monoisotopic (exact) mass is 481 g/mol. The Morgan fingerprint density at radius 1 is 1.03 bits per heavy atom. The van der Waals surface area contributed by atoms with E-state index in [2.05, 4.69) is 19.6 Å². The zero-order valence-corrected chi connectivity index (χ0v) is 19.8. The van der Waals surface area contributed by atoms with Gasteiger partial charge in [0.1, 0.15) is 18.0 Å². The zero-order chi connectivity index (χ0) is 23.7. The summed E-state index contributed by atoms with van der Waals surface area (Å²) in [6, 6.07) is 6.99. The van der Waals surface area contributed by atoms with E-state index >= 15 is 0 Å². The predicted octanol–water partition coefficient (Wildman–Crippen LogP) is 2.80. The number of aromatic nitrogens is 6. The summed E-state index contributed by atoms with van der Waals surface area (Å²) in [5.74, 6) is 0.605. The molecule has 6 rings (SSSR count). The average Bonchev–Trinajstić information content (AvgIpc) is 3.50. The van der Waals surface area contributed by atoms with Crippen molar-refractivity contribution in [2.24, 2.45) is 0 Å². The molecule has 9 nitrogen and oxygen atoms in total. The molecule has 0 amide bonds. The highest BCUT2D eigenvalue weighted by Crippen LogP contribution is 2.47. The van der Waals surface area contributed by atoms with Crippen molar-refractivity contribution in [2.75, 3.05) is 19.3 Å². The fraction of sp³-hybridized carbons (Fsp3) is 0.391. The molecule has 0 aliphatic carbocycles. The van der Waals surface area contributed by atoms with Crippen molar-refractivity contribution >= 4 is 15.7 Å². The molecule has 1 saturated heterocycles. The lowest BCUT2D eigenvalue weighted by molar-refractivity contribution is 0.229. The maximum Gasteiger partial charge on any atom is 0.211 e. The van der Waals surface area contributed by atoms with Gasteiger partial charge in [-0.05, 0) is 50.5 Å². The molecular formula is C23H24FN7O2S. The van der Waals surface area contributed by atoms with Crippen molar-refractivity contribution in [2.45, 2.75) is 38.1 Å². The van der Waals surface area contributed by atoms with Crippen molar-refractivity contribution in [3.8, 4) is 22.6 Å². The smallest absolute Gasteiger partial charge is 0.211 e. The Morgan fingerprint density at radius 2 is 1.79 bits per heavy atom. The lowest BCUT2D eigenvalue weighted by Gasteiger charge is -2.37. The number of aryl methyl sites for hydroxylation is 1. The highest BCUT2D eigenvalue weighted by Gasteiger charge is 2.46. The van der Waals surface area contributed by atoms with Crippen LogP contribution < -0.4 is 0 Å². The molecule has 2 aliphatic rings. The standard InChI is InChI=1S/C23H24FN7O2S/c1-15-17(24)4-5-18(27-15)21-20(16-3-6-19-25-14-26-31(19)13-16)28-22-23(9-12-30(21)22)7-10-29(11-8-23)34(2,32)33/h3-6,13-14H,7-12H2,1-2H3. The first-order valence-corrected chi connectivity index (χ1v) is 13.1. The number of fused-ring (bicyclic) bond motifs is 3. The third-order valence-electron chi connectivity index (χ3n) is 7.22. The predicted molar refractivity (Wildman–Crippen MR) is 124 cm³/mol. The maximum absolute atomic E-state index is 14.0. The second-order valence-corrected chi connectivity index (χ2v) is 11.2. The van der Waals surface area contributed by atoms with E-state index in [9.17, 15) is 12.8 Å². The van der Waals surface area contributed by atoms with Crippen LogP contribution in [0.15, 0.2) is 36.8 Å². The minimum absolute atomic E-state index is 0.194. The molecule has 176 valence electrons. The van der Waals surface area contributed by atoms with E-state index in [0.717, 1.165) is 41.4 Å². The van der Waals surface area contributed by atoms with Crippen LogP contribution in [0.3, 0.4) is 0 Å². The summed E-state index contributed by atoms with van der Waals surface area (Å²) in [5, 5.41) is 4.25. The van der Waals surface area contributed by atoms with Crippen LogP contribution in [0.1, 0.15) is 30.8 Å². The van der Waals surface area contributed by atoms with Crippen LogP contribution in [0.2, 0.25) is 0 Å². The molecule has 0 atom stereocenters. The quantitative estimate of drug-likeness (QED) is 0.446. The van der Waals surface area contributed by atoms with Gasteiger partial charge in [0, 0.05) is 36.8 Å². The first kappa shape index (κ1) is 21.4. The second-order valence-electron chi connectivity index (χ2n) is 9.22. The van der Waals surface area contributed by atoms with Gasteiger partial charge < -0.3 is 4.57 Å². The summed E-state index contributed by atoms with van der Waals surface area (Å²) in [5.41, 5.74) is 4.01. The largest absolute Gasteiger partial charge is 0.326 e. The molecule has 0 bridgehead atoms. The normalized spacial score (nSPS) is 18.1. The molecule has 0 unspecified atom stereocenters. The van der Waals surface area contributed by atoms with Crippen LogP contribution in [0.5, 0.6) is 0 Å². The van der Waals surface area contributed by atoms with Gasteiger partial charge in [0.05, 0.1) is 29.0 Å². The lowest BCUT2D eigenvalue weighted by atomic mass is 9.77. The Bertz CT molecular complexity index is 1530.